The fourth-order valence-corrected chi connectivity index (χ4v) is 1.53. The summed E-state index contributed by atoms with van der Waals surface area (Å²) in [5, 5.41) is 0. The van der Waals surface area contributed by atoms with Crippen LogP contribution >= 0.6 is 0 Å². The van der Waals surface area contributed by atoms with Crippen molar-refractivity contribution in [3.05, 3.63) is 53.3 Å². The van der Waals surface area contributed by atoms with Gasteiger partial charge in [0.05, 0.1) is 6.54 Å². The van der Waals surface area contributed by atoms with Crippen molar-refractivity contribution in [2.24, 2.45) is 0 Å². The molecule has 0 radical (unpaired) electrons. The molecule has 0 saturated heterocycles. The van der Waals surface area contributed by atoms with Crippen LogP contribution in [0.5, 0.6) is 0 Å². The van der Waals surface area contributed by atoms with Gasteiger partial charge in [0.2, 0.25) is 0 Å². The Morgan fingerprint density at radius 2 is 2.00 bits per heavy atom. The van der Waals surface area contributed by atoms with Crippen molar-refractivity contribution in [1.29, 1.82) is 0 Å². The van der Waals surface area contributed by atoms with Crippen molar-refractivity contribution in [2.45, 2.75) is 20.4 Å². The molecule has 1 aromatic rings. The lowest BCUT2D eigenvalue weighted by Crippen LogP contribution is -2.23. The third-order valence-corrected chi connectivity index (χ3v) is 2.30. The summed E-state index contributed by atoms with van der Waals surface area (Å²) in [5.74, 6) is 2.70. The van der Waals surface area contributed by atoms with Crippen molar-refractivity contribution >= 4 is 0 Å². The third-order valence-electron chi connectivity index (χ3n) is 2.30. The van der Waals surface area contributed by atoms with Gasteiger partial charge >= 0.3 is 0 Å². The summed E-state index contributed by atoms with van der Waals surface area (Å²) in [4.78, 5) is 2.21. The van der Waals surface area contributed by atoms with E-state index in [9.17, 15) is 0 Å². The first-order valence-corrected chi connectivity index (χ1v) is 5.80. The van der Waals surface area contributed by atoms with Gasteiger partial charge < -0.3 is 0 Å². The van der Waals surface area contributed by atoms with Crippen LogP contribution in [0.4, 0.5) is 0 Å². The monoisotopic (exact) mass is 225 g/mol. The first kappa shape index (κ1) is 13.3. The van der Waals surface area contributed by atoms with Crippen LogP contribution in [0.15, 0.2) is 47.7 Å². The van der Waals surface area contributed by atoms with Crippen LogP contribution in [0, 0.1) is 12.3 Å². The van der Waals surface area contributed by atoms with E-state index in [0.29, 0.717) is 6.54 Å². The van der Waals surface area contributed by atoms with E-state index in [1.165, 1.54) is 11.1 Å². The number of hydrogen-bond acceptors (Lipinski definition) is 1. The lowest BCUT2D eigenvalue weighted by molar-refractivity contribution is 0.332. The highest BCUT2D eigenvalue weighted by Gasteiger charge is 2.01. The van der Waals surface area contributed by atoms with Gasteiger partial charge in [0.1, 0.15) is 0 Å². The smallest absolute Gasteiger partial charge is 0.0605 e. The van der Waals surface area contributed by atoms with E-state index < -0.39 is 0 Å². The molecule has 0 N–H and O–H groups in total. The number of nitrogens with zero attached hydrogens (tertiary/aromatic N) is 1. The van der Waals surface area contributed by atoms with E-state index in [1.807, 2.05) is 26.0 Å². The third kappa shape index (κ3) is 5.78. The number of rotatable bonds is 5. The lowest BCUT2D eigenvalue weighted by Gasteiger charge is -2.17. The van der Waals surface area contributed by atoms with Gasteiger partial charge in [-0.2, -0.15) is 0 Å². The summed E-state index contributed by atoms with van der Waals surface area (Å²) in [6.07, 6.45) is 7.42. The molecule has 0 bridgehead atoms. The molecule has 0 atom stereocenters. The fraction of sp³-hybridized carbons (Fsp3) is 0.312. The molecule has 0 heterocycles. The molecule has 0 unspecified atom stereocenters. The van der Waals surface area contributed by atoms with Crippen molar-refractivity contribution in [1.82, 2.24) is 4.90 Å². The van der Waals surface area contributed by atoms with Gasteiger partial charge in [0, 0.05) is 13.1 Å². The molecule has 17 heavy (non-hydrogen) atoms. The average Bonchev–Trinajstić information content (AvgIpc) is 2.30. The molecule has 88 valence electrons. The maximum Gasteiger partial charge on any atom is 0.0605 e. The fourth-order valence-electron chi connectivity index (χ4n) is 1.53. The Morgan fingerprint density at radius 1 is 1.29 bits per heavy atom. The summed E-state index contributed by atoms with van der Waals surface area (Å²) in [7, 11) is 0. The lowest BCUT2D eigenvalue weighted by atomic mass is 10.2. The van der Waals surface area contributed by atoms with Gasteiger partial charge in [-0.05, 0) is 31.1 Å². The summed E-state index contributed by atoms with van der Waals surface area (Å²) >= 11 is 0. The molecule has 0 aliphatic rings. The predicted molar refractivity (Wildman–Crippen MR) is 73.5 cm³/mol. The number of benzene rings is 1. The second-order valence-corrected chi connectivity index (χ2v) is 4.21. The first-order chi connectivity index (χ1) is 8.22. The van der Waals surface area contributed by atoms with Crippen LogP contribution in [0.25, 0.3) is 0 Å². The molecule has 1 nitrogen and oxygen atoms in total. The Bertz CT molecular complexity index is 426. The van der Waals surface area contributed by atoms with E-state index in [2.05, 4.69) is 40.8 Å². The molecule has 0 amide bonds. The van der Waals surface area contributed by atoms with Gasteiger partial charge in [0.15, 0.2) is 0 Å². The maximum absolute atomic E-state index is 5.38. The standard InChI is InChI=1S/C16H19N/c1-4-12-17(13-8-9-15(2)3)14-16-10-6-5-7-11-16/h1,5-8,10-11H,12-14H2,2-3H3. The van der Waals surface area contributed by atoms with E-state index in [4.69, 9.17) is 6.42 Å². The topological polar surface area (TPSA) is 3.24 Å². The number of terminal acetylenes is 1. The Morgan fingerprint density at radius 3 is 2.59 bits per heavy atom. The van der Waals surface area contributed by atoms with Gasteiger partial charge in [-0.15, -0.1) is 12.2 Å². The van der Waals surface area contributed by atoms with Crippen LogP contribution in [-0.4, -0.2) is 18.0 Å². The van der Waals surface area contributed by atoms with Crippen LogP contribution in [-0.2, 0) is 6.54 Å². The zero-order valence-electron chi connectivity index (χ0n) is 10.6. The van der Waals surface area contributed by atoms with E-state index >= 15 is 0 Å². The van der Waals surface area contributed by atoms with E-state index in [0.717, 1.165) is 13.1 Å². The summed E-state index contributed by atoms with van der Waals surface area (Å²) in [5.41, 5.74) is 5.67. The molecular formula is C16H19N. The van der Waals surface area contributed by atoms with Gasteiger partial charge in [0.25, 0.3) is 0 Å². The molecule has 1 heteroatoms. The first-order valence-electron chi connectivity index (χ1n) is 5.80. The minimum Gasteiger partial charge on any atom is -0.284 e. The van der Waals surface area contributed by atoms with Crippen molar-refractivity contribution in [3.63, 3.8) is 0 Å². The SMILES string of the molecule is C#CCN(CC=C=C(C)C)Cc1ccccc1. The molecule has 0 aromatic heterocycles. The minimum absolute atomic E-state index is 0.663. The second kappa shape index (κ2) is 7.52. The predicted octanol–water partition coefficient (Wildman–Crippen LogP) is 3.24. The van der Waals surface area contributed by atoms with E-state index in [1.54, 1.807) is 0 Å². The van der Waals surface area contributed by atoms with E-state index in [-0.39, 0.29) is 0 Å². The summed E-state index contributed by atoms with van der Waals surface area (Å²) < 4.78 is 0. The molecule has 0 saturated carbocycles. The van der Waals surface area contributed by atoms with Crippen molar-refractivity contribution < 1.29 is 0 Å². The molecular weight excluding hydrogens is 206 g/mol. The maximum atomic E-state index is 5.38. The summed E-state index contributed by atoms with van der Waals surface area (Å²) in [6.45, 7) is 6.46. The number of hydrogen-bond donors (Lipinski definition) is 0. The van der Waals surface area contributed by atoms with Crippen LogP contribution in [0.3, 0.4) is 0 Å². The Kier molecular flexibility index (Phi) is 5.89. The molecule has 0 aliphatic carbocycles. The quantitative estimate of drug-likeness (QED) is 0.549. The average molecular weight is 225 g/mol. The second-order valence-electron chi connectivity index (χ2n) is 4.21. The zero-order valence-corrected chi connectivity index (χ0v) is 10.6. The Balaban J connectivity index is 2.61. The van der Waals surface area contributed by atoms with Gasteiger partial charge in [-0.3, -0.25) is 4.90 Å². The highest BCUT2D eigenvalue weighted by Crippen LogP contribution is 2.03. The molecule has 0 fully saturated rings. The van der Waals surface area contributed by atoms with Gasteiger partial charge in [-0.1, -0.05) is 36.3 Å². The molecule has 1 aromatic carbocycles. The summed E-state index contributed by atoms with van der Waals surface area (Å²) in [6, 6.07) is 10.4. The normalized spacial score (nSPS) is 9.53. The zero-order chi connectivity index (χ0) is 12.5. The highest BCUT2D eigenvalue weighted by atomic mass is 15.1. The highest BCUT2D eigenvalue weighted by molar-refractivity contribution is 5.15. The van der Waals surface area contributed by atoms with Gasteiger partial charge in [-0.25, -0.2) is 0 Å². The molecule has 0 aliphatic heterocycles. The van der Waals surface area contributed by atoms with Crippen LogP contribution < -0.4 is 0 Å². The van der Waals surface area contributed by atoms with Crippen molar-refractivity contribution in [3.8, 4) is 12.3 Å². The van der Waals surface area contributed by atoms with Crippen LogP contribution in [0.2, 0.25) is 0 Å². The molecule has 0 spiro atoms. The minimum atomic E-state index is 0.663. The Labute approximate surface area is 104 Å². The molecule has 1 rings (SSSR count). The Hall–Kier alpha value is -1.74. The van der Waals surface area contributed by atoms with Crippen LogP contribution in [0.1, 0.15) is 19.4 Å². The van der Waals surface area contributed by atoms with Crippen molar-refractivity contribution in [2.75, 3.05) is 13.1 Å². The largest absolute Gasteiger partial charge is 0.284 e.